The number of aliphatic hydroxyl groups is 1. The van der Waals surface area contributed by atoms with E-state index in [1.54, 1.807) is 24.3 Å². The predicted octanol–water partition coefficient (Wildman–Crippen LogP) is 0.493. The van der Waals surface area contributed by atoms with E-state index in [-0.39, 0.29) is 12.6 Å². The van der Waals surface area contributed by atoms with Crippen molar-refractivity contribution in [2.24, 2.45) is 0 Å². The van der Waals surface area contributed by atoms with Gasteiger partial charge in [-0.25, -0.2) is 4.79 Å². The minimum Gasteiger partial charge on any atom is -0.378 e. The molecule has 2 N–H and O–H groups in total. The van der Waals surface area contributed by atoms with Gasteiger partial charge in [-0.2, -0.15) is 0 Å². The number of aliphatic hydroxyl groups excluding tert-OH is 1. The summed E-state index contributed by atoms with van der Waals surface area (Å²) < 4.78 is 4.58. The number of hydrogen-bond donors (Lipinski definition) is 2. The van der Waals surface area contributed by atoms with Crippen molar-refractivity contribution in [2.75, 3.05) is 6.54 Å². The van der Waals surface area contributed by atoms with E-state index in [2.05, 4.69) is 22.1 Å². The lowest BCUT2D eigenvalue weighted by atomic mass is 10.1. The fourth-order valence-electron chi connectivity index (χ4n) is 2.19. The van der Waals surface area contributed by atoms with Crippen molar-refractivity contribution in [3.05, 3.63) is 35.4 Å². The second-order valence-corrected chi connectivity index (χ2v) is 5.34. The van der Waals surface area contributed by atoms with Gasteiger partial charge in [-0.1, -0.05) is 12.1 Å². The Balaban J connectivity index is 1.56. The number of carbonyl (C=O) groups excluding carboxylic acids is 3. The predicted molar refractivity (Wildman–Crippen MR) is 78.2 cm³/mol. The molecule has 3 amide bonds. The number of fused-ring (bicyclic) bond motifs is 1. The topological polar surface area (TPSA) is 95.9 Å². The van der Waals surface area contributed by atoms with Crippen LogP contribution < -0.4 is 5.32 Å². The average Bonchev–Trinajstić information content (AvgIpc) is 3.31. The van der Waals surface area contributed by atoms with E-state index in [1.165, 1.54) is 0 Å². The molecule has 2 aliphatic rings. The Morgan fingerprint density at radius 1 is 1.30 bits per heavy atom. The highest BCUT2D eigenvalue weighted by Crippen LogP contribution is 2.22. The van der Waals surface area contributed by atoms with Crippen molar-refractivity contribution in [1.29, 1.82) is 0 Å². The summed E-state index contributed by atoms with van der Waals surface area (Å²) in [5, 5.41) is 12.4. The molecular weight excluding hydrogens is 300 g/mol. The van der Waals surface area contributed by atoms with E-state index < -0.39 is 24.0 Å². The molecule has 1 saturated carbocycles. The van der Waals surface area contributed by atoms with Crippen LogP contribution in [0.1, 0.15) is 33.6 Å². The van der Waals surface area contributed by atoms with Crippen molar-refractivity contribution in [2.45, 2.75) is 25.0 Å². The van der Waals surface area contributed by atoms with E-state index in [1.807, 2.05) is 0 Å². The highest BCUT2D eigenvalue weighted by Gasteiger charge is 2.35. The molecule has 118 valence electrons. The number of nitrogens with zero attached hydrogens (tertiary/aromatic N) is 1. The molecule has 1 heterocycles. The molecule has 1 aliphatic heterocycles. The summed E-state index contributed by atoms with van der Waals surface area (Å²) in [6, 6.07) is 6.58. The van der Waals surface area contributed by atoms with Crippen molar-refractivity contribution < 1.29 is 24.2 Å². The Kier molecular flexibility index (Phi) is 4.00. The number of amides is 3. The van der Waals surface area contributed by atoms with Gasteiger partial charge >= 0.3 is 6.09 Å². The van der Waals surface area contributed by atoms with Gasteiger partial charge in [0.1, 0.15) is 12.2 Å². The summed E-state index contributed by atoms with van der Waals surface area (Å²) in [6.45, 7) is -0.285. The first-order valence-corrected chi connectivity index (χ1v) is 7.17. The Bertz CT molecular complexity index is 694. The lowest BCUT2D eigenvalue weighted by Gasteiger charge is -2.14. The summed E-state index contributed by atoms with van der Waals surface area (Å²) in [4.78, 5) is 36.4. The zero-order valence-corrected chi connectivity index (χ0v) is 12.1. The molecule has 0 bridgehead atoms. The Hall–Kier alpha value is -2.85. The number of rotatable bonds is 3. The quantitative estimate of drug-likeness (QED) is 0.625. The Morgan fingerprint density at radius 2 is 1.91 bits per heavy atom. The monoisotopic (exact) mass is 314 g/mol. The van der Waals surface area contributed by atoms with Crippen LogP contribution in [0.2, 0.25) is 0 Å². The molecule has 3 rings (SSSR count). The minimum absolute atomic E-state index is 0.146. The second kappa shape index (κ2) is 6.10. The molecule has 7 nitrogen and oxygen atoms in total. The van der Waals surface area contributed by atoms with Crippen LogP contribution in [0.25, 0.3) is 0 Å². The smallest absolute Gasteiger partial charge is 0.378 e. The minimum atomic E-state index is -1.30. The number of nitrogens with one attached hydrogen (secondary N) is 1. The largest absolute Gasteiger partial charge is 0.421 e. The standard InChI is InChI=1S/C16H14N2O5/c19-11(7-8-23-16(22)17-10-5-6-10)9-18-14(20)12-3-1-2-4-13(12)15(18)21/h1-4,10-11,19H,5-6,9H2,(H,17,22). The molecule has 1 atom stereocenters. The Labute approximate surface area is 132 Å². The molecule has 1 unspecified atom stereocenters. The van der Waals surface area contributed by atoms with Gasteiger partial charge in [0.25, 0.3) is 11.8 Å². The first-order chi connectivity index (χ1) is 11.1. The molecule has 1 fully saturated rings. The fourth-order valence-corrected chi connectivity index (χ4v) is 2.19. The first kappa shape index (κ1) is 15.1. The van der Waals surface area contributed by atoms with Crippen LogP contribution in [-0.4, -0.2) is 46.6 Å². The number of benzene rings is 1. The van der Waals surface area contributed by atoms with Crippen LogP contribution in [0.3, 0.4) is 0 Å². The lowest BCUT2D eigenvalue weighted by Crippen LogP contribution is -2.36. The first-order valence-electron chi connectivity index (χ1n) is 7.17. The van der Waals surface area contributed by atoms with Gasteiger partial charge in [-0.15, -0.1) is 0 Å². The normalized spacial score (nSPS) is 17.2. The number of β-amino-alcohol motifs (C(OH)–C–C–N with tert-alkyl or cyclic N) is 1. The van der Waals surface area contributed by atoms with Crippen LogP contribution in [0.4, 0.5) is 4.79 Å². The number of alkyl carbamates (subject to hydrolysis) is 1. The highest BCUT2D eigenvalue weighted by molar-refractivity contribution is 6.21. The second-order valence-electron chi connectivity index (χ2n) is 5.34. The zero-order valence-electron chi connectivity index (χ0n) is 12.1. The van der Waals surface area contributed by atoms with Gasteiger partial charge in [0.15, 0.2) is 0 Å². The molecule has 1 aliphatic carbocycles. The fraction of sp³-hybridized carbons (Fsp3) is 0.312. The summed E-state index contributed by atoms with van der Waals surface area (Å²) in [7, 11) is 0. The van der Waals surface area contributed by atoms with E-state index in [9.17, 15) is 19.5 Å². The van der Waals surface area contributed by atoms with E-state index >= 15 is 0 Å². The molecular formula is C16H14N2O5. The van der Waals surface area contributed by atoms with Crippen molar-refractivity contribution in [1.82, 2.24) is 10.2 Å². The number of hydrogen-bond acceptors (Lipinski definition) is 5. The third-order valence-electron chi connectivity index (χ3n) is 3.50. The summed E-state index contributed by atoms with van der Waals surface area (Å²) in [5.74, 6) is 1.33. The van der Waals surface area contributed by atoms with Gasteiger partial charge < -0.3 is 15.2 Å². The van der Waals surface area contributed by atoms with Crippen LogP contribution in [0.15, 0.2) is 24.3 Å². The third-order valence-corrected chi connectivity index (χ3v) is 3.50. The molecule has 0 spiro atoms. The Morgan fingerprint density at radius 3 is 2.48 bits per heavy atom. The van der Waals surface area contributed by atoms with Crippen LogP contribution in [-0.2, 0) is 4.74 Å². The van der Waals surface area contributed by atoms with Crippen LogP contribution in [0.5, 0.6) is 0 Å². The molecule has 1 aromatic rings. The summed E-state index contributed by atoms with van der Waals surface area (Å²) in [6.07, 6.45) is 1.95. The van der Waals surface area contributed by atoms with Gasteiger partial charge in [0.2, 0.25) is 0 Å². The maximum atomic E-state index is 12.1. The highest BCUT2D eigenvalue weighted by atomic mass is 16.5. The van der Waals surface area contributed by atoms with E-state index in [4.69, 9.17) is 0 Å². The van der Waals surface area contributed by atoms with Crippen molar-refractivity contribution in [3.8, 4) is 12.0 Å². The third kappa shape index (κ3) is 3.33. The van der Waals surface area contributed by atoms with E-state index in [0.29, 0.717) is 11.1 Å². The van der Waals surface area contributed by atoms with Crippen LogP contribution >= 0.6 is 0 Å². The van der Waals surface area contributed by atoms with Gasteiger partial charge in [0, 0.05) is 6.04 Å². The molecule has 0 aromatic heterocycles. The summed E-state index contributed by atoms with van der Waals surface area (Å²) in [5.41, 5.74) is 0.607. The molecule has 0 radical (unpaired) electrons. The maximum absolute atomic E-state index is 12.1. The molecule has 0 saturated heterocycles. The summed E-state index contributed by atoms with van der Waals surface area (Å²) >= 11 is 0. The molecule has 7 heteroatoms. The van der Waals surface area contributed by atoms with Gasteiger partial charge in [-0.05, 0) is 30.9 Å². The SMILES string of the molecule is O=C(NC1CC1)OC#CC(O)CN1C(=O)c2ccccc2C1=O. The van der Waals surface area contributed by atoms with Gasteiger partial charge in [0.05, 0.1) is 17.7 Å². The van der Waals surface area contributed by atoms with Crippen LogP contribution in [0, 0.1) is 12.0 Å². The zero-order chi connectivity index (χ0) is 16.4. The lowest BCUT2D eigenvalue weighted by molar-refractivity contribution is 0.0591. The number of imide groups is 1. The molecule has 1 aromatic carbocycles. The van der Waals surface area contributed by atoms with Crippen molar-refractivity contribution in [3.63, 3.8) is 0 Å². The maximum Gasteiger partial charge on any atom is 0.421 e. The number of carbonyl (C=O) groups is 3. The van der Waals surface area contributed by atoms with E-state index in [0.717, 1.165) is 17.7 Å². The van der Waals surface area contributed by atoms with Crippen molar-refractivity contribution >= 4 is 17.9 Å². The molecule has 23 heavy (non-hydrogen) atoms. The van der Waals surface area contributed by atoms with Gasteiger partial charge in [-0.3, -0.25) is 14.5 Å². The average molecular weight is 314 g/mol. The number of ether oxygens (including phenoxy) is 1.